The quantitative estimate of drug-likeness (QED) is 0.436. The fraction of sp³-hybridized carbons (Fsp3) is 0.400. The maximum atomic E-state index is 13.5. The SMILES string of the molecule is Cc1cccc(C=CC(=O)N(C)[C@H]2CC[C@H]3[C@H]4Cc5cccc6c5[C@@]3(CCN4CC(O)c3ccccc3)[C@H]2O6)c1. The van der Waals surface area contributed by atoms with E-state index in [0.717, 1.165) is 49.1 Å². The van der Waals surface area contributed by atoms with Crippen LogP contribution in [0.15, 0.2) is 78.9 Å². The summed E-state index contributed by atoms with van der Waals surface area (Å²) in [5.41, 5.74) is 5.91. The van der Waals surface area contributed by atoms with Crippen LogP contribution in [0.3, 0.4) is 0 Å². The van der Waals surface area contributed by atoms with Crippen LogP contribution in [0.1, 0.15) is 53.2 Å². The number of piperidine rings is 1. The number of nitrogens with zero attached hydrogens (tertiary/aromatic N) is 2. The van der Waals surface area contributed by atoms with Crippen LogP contribution < -0.4 is 4.74 Å². The maximum absolute atomic E-state index is 13.5. The molecule has 5 nitrogen and oxygen atoms in total. The van der Waals surface area contributed by atoms with E-state index in [1.54, 1.807) is 6.08 Å². The maximum Gasteiger partial charge on any atom is 0.246 e. The molecule has 1 saturated heterocycles. The van der Waals surface area contributed by atoms with E-state index < -0.39 is 6.10 Å². The lowest BCUT2D eigenvalue weighted by Crippen LogP contribution is -2.69. The van der Waals surface area contributed by atoms with Gasteiger partial charge in [0.15, 0.2) is 0 Å². The van der Waals surface area contributed by atoms with E-state index in [1.165, 1.54) is 16.7 Å². The topological polar surface area (TPSA) is 53.0 Å². The van der Waals surface area contributed by atoms with Crippen molar-refractivity contribution in [2.45, 2.75) is 62.3 Å². The molecule has 7 rings (SSSR count). The number of hydrogen-bond donors (Lipinski definition) is 1. The Bertz CT molecular complexity index is 1450. The molecule has 1 spiro atoms. The second-order valence-corrected chi connectivity index (χ2v) is 12.3. The number of likely N-dealkylation sites (N-methyl/N-ethyl adjacent to an activating group) is 1. The minimum absolute atomic E-state index is 0.0198. The average molecular weight is 535 g/mol. The highest BCUT2D eigenvalue weighted by atomic mass is 16.5. The van der Waals surface area contributed by atoms with Crippen LogP contribution in [0.25, 0.3) is 6.08 Å². The Morgan fingerprint density at radius 1 is 1.12 bits per heavy atom. The predicted octanol–water partition coefficient (Wildman–Crippen LogP) is 5.31. The van der Waals surface area contributed by atoms with Gasteiger partial charge in [-0.3, -0.25) is 9.69 Å². The zero-order chi connectivity index (χ0) is 27.4. The number of β-amino-alcohol motifs (C(OH)–C–C–N with tert-alkyl or cyclic N) is 1. The highest BCUT2D eigenvalue weighted by Gasteiger charge is 2.65. The van der Waals surface area contributed by atoms with Crippen LogP contribution in [-0.2, 0) is 16.6 Å². The summed E-state index contributed by atoms with van der Waals surface area (Å²) in [4.78, 5) is 17.9. The number of carbonyl (C=O) groups is 1. The number of aliphatic hydroxyl groups excluding tert-OH is 1. The van der Waals surface area contributed by atoms with Gasteiger partial charge in [0.05, 0.1) is 12.1 Å². The van der Waals surface area contributed by atoms with E-state index in [4.69, 9.17) is 4.74 Å². The second kappa shape index (κ2) is 9.90. The minimum Gasteiger partial charge on any atom is -0.487 e. The highest BCUT2D eigenvalue weighted by Crippen LogP contribution is 2.62. The van der Waals surface area contributed by atoms with Gasteiger partial charge in [0.2, 0.25) is 5.91 Å². The first kappa shape index (κ1) is 25.6. The first-order valence-corrected chi connectivity index (χ1v) is 14.7. The standard InChI is InChI=1S/C35H38N2O3/c1-23-8-6-9-24(20-23)14-17-32(39)36(2)28-16-15-27-29-21-26-12-7-13-31-33(26)35(27,34(28)40-31)18-19-37(29)22-30(38)25-10-4-3-5-11-25/h3-14,17,20,27-30,34,38H,15-16,18-19,21-22H2,1-2H3/t27-,28-,29+,30?,34-,35-/m0/s1. The van der Waals surface area contributed by atoms with Gasteiger partial charge in [-0.25, -0.2) is 0 Å². The number of amides is 1. The van der Waals surface area contributed by atoms with Gasteiger partial charge in [0, 0.05) is 36.7 Å². The van der Waals surface area contributed by atoms with Crippen molar-refractivity contribution < 1.29 is 14.6 Å². The lowest BCUT2D eigenvalue weighted by atomic mass is 9.51. The summed E-state index contributed by atoms with van der Waals surface area (Å²) in [6.07, 6.45) is 7.04. The van der Waals surface area contributed by atoms with Crippen LogP contribution in [-0.4, -0.2) is 59.1 Å². The van der Waals surface area contributed by atoms with E-state index in [-0.39, 0.29) is 23.5 Å². The number of aliphatic hydroxyl groups is 1. The Labute approximate surface area is 237 Å². The Balaban J connectivity index is 1.17. The molecule has 2 heterocycles. The molecule has 1 amide bonds. The van der Waals surface area contributed by atoms with Crippen LogP contribution in [0.5, 0.6) is 5.75 Å². The van der Waals surface area contributed by atoms with Gasteiger partial charge in [-0.15, -0.1) is 0 Å². The van der Waals surface area contributed by atoms with Crippen molar-refractivity contribution in [3.63, 3.8) is 0 Å². The average Bonchev–Trinajstić information content (AvgIpc) is 3.31. The molecular formula is C35H38N2O3. The Morgan fingerprint density at radius 3 is 2.77 bits per heavy atom. The molecule has 5 heteroatoms. The predicted molar refractivity (Wildman–Crippen MR) is 157 cm³/mol. The van der Waals surface area contributed by atoms with E-state index in [0.29, 0.717) is 18.5 Å². The third-order valence-corrected chi connectivity index (χ3v) is 10.2. The van der Waals surface area contributed by atoms with Crippen LogP contribution in [0.2, 0.25) is 0 Å². The molecule has 2 fully saturated rings. The van der Waals surface area contributed by atoms with E-state index in [9.17, 15) is 9.90 Å². The fourth-order valence-corrected chi connectivity index (χ4v) is 8.42. The van der Waals surface area contributed by atoms with Crippen LogP contribution in [0, 0.1) is 12.8 Å². The van der Waals surface area contributed by atoms with Gasteiger partial charge in [0.25, 0.3) is 0 Å². The first-order chi connectivity index (χ1) is 19.5. The zero-order valence-electron chi connectivity index (χ0n) is 23.4. The van der Waals surface area contributed by atoms with Gasteiger partial charge in [0.1, 0.15) is 11.9 Å². The van der Waals surface area contributed by atoms with Crippen molar-refractivity contribution >= 4 is 12.0 Å². The molecule has 3 aromatic rings. The number of benzene rings is 3. The van der Waals surface area contributed by atoms with Gasteiger partial charge in [-0.05, 0) is 73.9 Å². The van der Waals surface area contributed by atoms with Crippen LogP contribution in [0.4, 0.5) is 0 Å². The molecule has 2 aliphatic carbocycles. The summed E-state index contributed by atoms with van der Waals surface area (Å²) >= 11 is 0. The first-order valence-electron chi connectivity index (χ1n) is 14.7. The minimum atomic E-state index is -0.501. The molecule has 0 aromatic heterocycles. The highest BCUT2D eigenvalue weighted by molar-refractivity contribution is 5.92. The molecule has 206 valence electrons. The summed E-state index contributed by atoms with van der Waals surface area (Å²) in [5.74, 6) is 1.50. The molecule has 3 aromatic carbocycles. The van der Waals surface area contributed by atoms with Crippen molar-refractivity contribution in [3.05, 3.63) is 107 Å². The monoisotopic (exact) mass is 534 g/mol. The van der Waals surface area contributed by atoms with E-state index >= 15 is 0 Å². The number of likely N-dealkylation sites (tertiary alicyclic amines) is 1. The molecular weight excluding hydrogens is 496 g/mol. The molecule has 1 N–H and O–H groups in total. The number of rotatable bonds is 6. The normalized spacial score (nSPS) is 29.1. The lowest BCUT2D eigenvalue weighted by molar-refractivity contribution is -0.135. The molecule has 40 heavy (non-hydrogen) atoms. The number of aryl methyl sites for hydroxylation is 1. The number of carbonyl (C=O) groups excluding carboxylic acids is 1. The number of hydrogen-bond acceptors (Lipinski definition) is 4. The summed E-state index contributed by atoms with van der Waals surface area (Å²) in [6.45, 7) is 3.64. The van der Waals surface area contributed by atoms with Gasteiger partial charge >= 0.3 is 0 Å². The second-order valence-electron chi connectivity index (χ2n) is 12.3. The van der Waals surface area contributed by atoms with Crippen molar-refractivity contribution in [3.8, 4) is 5.75 Å². The Hall–Kier alpha value is -3.41. The molecule has 2 bridgehead atoms. The zero-order valence-corrected chi connectivity index (χ0v) is 23.4. The summed E-state index contributed by atoms with van der Waals surface area (Å²) in [6, 6.07) is 25.2. The Morgan fingerprint density at radius 2 is 1.95 bits per heavy atom. The molecule has 4 aliphatic rings. The number of ether oxygens (including phenoxy) is 1. The van der Waals surface area contributed by atoms with Crippen LogP contribution >= 0.6 is 0 Å². The summed E-state index contributed by atoms with van der Waals surface area (Å²) in [7, 11) is 1.95. The van der Waals surface area contributed by atoms with Crippen molar-refractivity contribution in [2.75, 3.05) is 20.1 Å². The molecule has 1 unspecified atom stereocenters. The summed E-state index contributed by atoms with van der Waals surface area (Å²) in [5, 5.41) is 11.1. The molecule has 6 atom stereocenters. The third kappa shape index (κ3) is 4.02. The van der Waals surface area contributed by atoms with Crippen molar-refractivity contribution in [2.24, 2.45) is 5.92 Å². The van der Waals surface area contributed by atoms with Crippen molar-refractivity contribution in [1.82, 2.24) is 9.80 Å². The lowest BCUT2D eigenvalue weighted by Gasteiger charge is -2.60. The summed E-state index contributed by atoms with van der Waals surface area (Å²) < 4.78 is 6.84. The van der Waals surface area contributed by atoms with E-state index in [2.05, 4.69) is 42.2 Å². The van der Waals surface area contributed by atoms with Gasteiger partial charge in [-0.1, -0.05) is 72.3 Å². The molecule has 0 radical (unpaired) electrons. The molecule has 2 aliphatic heterocycles. The third-order valence-electron chi connectivity index (χ3n) is 10.2. The largest absolute Gasteiger partial charge is 0.487 e. The Kier molecular flexibility index (Phi) is 6.32. The van der Waals surface area contributed by atoms with Gasteiger partial charge < -0.3 is 14.7 Å². The van der Waals surface area contributed by atoms with Gasteiger partial charge in [-0.2, -0.15) is 0 Å². The molecule has 1 saturated carbocycles. The van der Waals surface area contributed by atoms with E-state index in [1.807, 2.05) is 60.5 Å². The smallest absolute Gasteiger partial charge is 0.246 e. The fourth-order valence-electron chi connectivity index (χ4n) is 8.42. The van der Waals surface area contributed by atoms with Crippen molar-refractivity contribution in [1.29, 1.82) is 0 Å².